The fourth-order valence-corrected chi connectivity index (χ4v) is 3.60. The molecule has 0 amide bonds. The molecule has 0 aromatic carbocycles. The summed E-state index contributed by atoms with van der Waals surface area (Å²) >= 11 is 0. The molecule has 0 spiro atoms. The van der Waals surface area contributed by atoms with Gasteiger partial charge in [-0.1, -0.05) is 13.8 Å². The molecule has 2 rings (SSSR count). The van der Waals surface area contributed by atoms with E-state index < -0.39 is 0 Å². The van der Waals surface area contributed by atoms with Gasteiger partial charge in [-0.25, -0.2) is 0 Å². The van der Waals surface area contributed by atoms with Crippen LogP contribution in [0.1, 0.15) is 46.0 Å². The van der Waals surface area contributed by atoms with Crippen LogP contribution in [-0.4, -0.2) is 61.2 Å². The summed E-state index contributed by atoms with van der Waals surface area (Å²) in [4.78, 5) is 5.23. The SMILES string of the molecule is CCCNC1CC2CCC(C1)N2CCN(C)CC. The van der Waals surface area contributed by atoms with Gasteiger partial charge >= 0.3 is 0 Å². The summed E-state index contributed by atoms with van der Waals surface area (Å²) in [7, 11) is 2.23. The van der Waals surface area contributed by atoms with E-state index in [2.05, 4.69) is 36.0 Å². The van der Waals surface area contributed by atoms with Crippen molar-refractivity contribution in [1.82, 2.24) is 15.1 Å². The Morgan fingerprint density at radius 1 is 1.17 bits per heavy atom. The Morgan fingerprint density at radius 3 is 2.39 bits per heavy atom. The topological polar surface area (TPSA) is 18.5 Å². The van der Waals surface area contributed by atoms with Crippen molar-refractivity contribution in [3.05, 3.63) is 0 Å². The van der Waals surface area contributed by atoms with Crippen LogP contribution in [0.5, 0.6) is 0 Å². The number of nitrogens with one attached hydrogen (secondary N) is 1. The Bertz CT molecular complexity index is 230. The van der Waals surface area contributed by atoms with Crippen molar-refractivity contribution in [1.29, 1.82) is 0 Å². The van der Waals surface area contributed by atoms with Gasteiger partial charge in [0.2, 0.25) is 0 Å². The van der Waals surface area contributed by atoms with Gasteiger partial charge in [0.25, 0.3) is 0 Å². The van der Waals surface area contributed by atoms with Crippen molar-refractivity contribution >= 4 is 0 Å². The fraction of sp³-hybridized carbons (Fsp3) is 1.00. The lowest BCUT2D eigenvalue weighted by atomic mass is 9.97. The normalized spacial score (nSPS) is 32.3. The highest BCUT2D eigenvalue weighted by Crippen LogP contribution is 2.35. The summed E-state index contributed by atoms with van der Waals surface area (Å²) in [5.74, 6) is 0. The first kappa shape index (κ1) is 14.3. The minimum absolute atomic E-state index is 0.794. The molecule has 0 saturated carbocycles. The lowest BCUT2D eigenvalue weighted by Gasteiger charge is -2.40. The molecule has 2 bridgehead atoms. The van der Waals surface area contributed by atoms with E-state index in [9.17, 15) is 0 Å². The van der Waals surface area contributed by atoms with Gasteiger partial charge in [-0.05, 0) is 52.2 Å². The van der Waals surface area contributed by atoms with E-state index in [1.807, 2.05) is 0 Å². The number of likely N-dealkylation sites (N-methyl/N-ethyl adjacent to an activating group) is 1. The molecule has 2 fully saturated rings. The van der Waals surface area contributed by atoms with Crippen molar-refractivity contribution in [2.24, 2.45) is 0 Å². The molecule has 106 valence electrons. The van der Waals surface area contributed by atoms with Gasteiger partial charge in [-0.15, -0.1) is 0 Å². The van der Waals surface area contributed by atoms with Crippen LogP contribution in [0.4, 0.5) is 0 Å². The molecule has 2 heterocycles. The third-order valence-electron chi connectivity index (χ3n) is 4.85. The van der Waals surface area contributed by atoms with Crippen LogP contribution in [-0.2, 0) is 0 Å². The van der Waals surface area contributed by atoms with Crippen LogP contribution in [0.2, 0.25) is 0 Å². The predicted octanol–water partition coefficient (Wildman–Crippen LogP) is 1.93. The Hall–Kier alpha value is -0.120. The van der Waals surface area contributed by atoms with Crippen LogP contribution >= 0.6 is 0 Å². The maximum atomic E-state index is 3.73. The number of fused-ring (bicyclic) bond motifs is 2. The Morgan fingerprint density at radius 2 is 1.83 bits per heavy atom. The summed E-state index contributed by atoms with van der Waals surface area (Å²) in [6.07, 6.45) is 6.89. The van der Waals surface area contributed by atoms with E-state index in [0.717, 1.165) is 18.1 Å². The van der Waals surface area contributed by atoms with E-state index in [1.165, 1.54) is 58.3 Å². The molecule has 2 saturated heterocycles. The van der Waals surface area contributed by atoms with Crippen molar-refractivity contribution in [3.63, 3.8) is 0 Å². The zero-order valence-electron chi connectivity index (χ0n) is 12.5. The zero-order chi connectivity index (χ0) is 13.0. The summed E-state index contributed by atoms with van der Waals surface area (Å²) in [6.45, 7) is 9.39. The van der Waals surface area contributed by atoms with Crippen LogP contribution in [0, 0.1) is 0 Å². The monoisotopic (exact) mass is 253 g/mol. The van der Waals surface area contributed by atoms with Gasteiger partial charge in [-0.3, -0.25) is 4.90 Å². The van der Waals surface area contributed by atoms with Crippen molar-refractivity contribution in [3.8, 4) is 0 Å². The van der Waals surface area contributed by atoms with Crippen molar-refractivity contribution in [2.45, 2.75) is 64.1 Å². The van der Waals surface area contributed by atoms with Gasteiger partial charge in [0.15, 0.2) is 0 Å². The average molecular weight is 253 g/mol. The van der Waals surface area contributed by atoms with Gasteiger partial charge in [0.05, 0.1) is 0 Å². The molecule has 1 N–H and O–H groups in total. The summed E-state index contributed by atoms with van der Waals surface area (Å²) in [5.41, 5.74) is 0. The molecular weight excluding hydrogens is 222 g/mol. The van der Waals surface area contributed by atoms with Crippen molar-refractivity contribution < 1.29 is 0 Å². The highest BCUT2D eigenvalue weighted by molar-refractivity contribution is 4.97. The molecule has 18 heavy (non-hydrogen) atoms. The van der Waals surface area contributed by atoms with Gasteiger partial charge in [0.1, 0.15) is 0 Å². The second kappa shape index (κ2) is 6.88. The van der Waals surface area contributed by atoms with Crippen LogP contribution in [0.15, 0.2) is 0 Å². The van der Waals surface area contributed by atoms with Crippen LogP contribution < -0.4 is 5.32 Å². The van der Waals surface area contributed by atoms with E-state index in [-0.39, 0.29) is 0 Å². The minimum atomic E-state index is 0.794. The molecule has 0 aliphatic carbocycles. The molecule has 0 aromatic rings. The van der Waals surface area contributed by atoms with Gasteiger partial charge < -0.3 is 10.2 Å². The fourth-order valence-electron chi connectivity index (χ4n) is 3.60. The Kier molecular flexibility index (Phi) is 5.46. The first-order chi connectivity index (χ1) is 8.74. The first-order valence-corrected chi connectivity index (χ1v) is 7.92. The number of hydrogen-bond donors (Lipinski definition) is 1. The second-order valence-corrected chi connectivity index (χ2v) is 6.14. The average Bonchev–Trinajstić information content (AvgIpc) is 2.63. The standard InChI is InChI=1S/C15H31N3/c1-4-8-16-13-11-14-6-7-15(12-13)18(14)10-9-17(3)5-2/h13-16H,4-12H2,1-3H3. The maximum absolute atomic E-state index is 3.73. The molecule has 2 unspecified atom stereocenters. The van der Waals surface area contributed by atoms with Crippen LogP contribution in [0.3, 0.4) is 0 Å². The highest BCUT2D eigenvalue weighted by Gasteiger charge is 2.39. The quantitative estimate of drug-likeness (QED) is 0.748. The molecule has 2 aliphatic rings. The van der Waals surface area contributed by atoms with Crippen molar-refractivity contribution in [2.75, 3.05) is 33.2 Å². The van der Waals surface area contributed by atoms with E-state index in [4.69, 9.17) is 0 Å². The lowest BCUT2D eigenvalue weighted by molar-refractivity contribution is 0.105. The van der Waals surface area contributed by atoms with E-state index in [0.29, 0.717) is 0 Å². The van der Waals surface area contributed by atoms with E-state index >= 15 is 0 Å². The molecule has 2 aliphatic heterocycles. The molecule has 2 atom stereocenters. The highest BCUT2D eigenvalue weighted by atomic mass is 15.3. The summed E-state index contributed by atoms with van der Waals surface area (Å²) in [5, 5.41) is 3.73. The Balaban J connectivity index is 1.78. The summed E-state index contributed by atoms with van der Waals surface area (Å²) < 4.78 is 0. The number of rotatable bonds is 7. The van der Waals surface area contributed by atoms with E-state index in [1.54, 1.807) is 0 Å². The number of piperidine rings is 1. The van der Waals surface area contributed by atoms with Crippen LogP contribution in [0.25, 0.3) is 0 Å². The third-order valence-corrected chi connectivity index (χ3v) is 4.85. The smallest absolute Gasteiger partial charge is 0.0115 e. The first-order valence-electron chi connectivity index (χ1n) is 7.92. The second-order valence-electron chi connectivity index (χ2n) is 6.14. The molecular formula is C15H31N3. The lowest BCUT2D eigenvalue weighted by Crippen LogP contribution is -2.50. The van der Waals surface area contributed by atoms with Gasteiger partial charge in [0, 0.05) is 31.2 Å². The largest absolute Gasteiger partial charge is 0.314 e. The zero-order valence-corrected chi connectivity index (χ0v) is 12.5. The third kappa shape index (κ3) is 3.46. The Labute approximate surface area is 113 Å². The molecule has 3 heteroatoms. The molecule has 0 aromatic heterocycles. The number of hydrogen-bond acceptors (Lipinski definition) is 3. The molecule has 0 radical (unpaired) electrons. The minimum Gasteiger partial charge on any atom is -0.314 e. The summed E-state index contributed by atoms with van der Waals surface area (Å²) in [6, 6.07) is 2.52. The molecule has 3 nitrogen and oxygen atoms in total. The number of nitrogens with zero attached hydrogens (tertiary/aromatic N) is 2. The maximum Gasteiger partial charge on any atom is 0.0115 e. The van der Waals surface area contributed by atoms with Gasteiger partial charge in [-0.2, -0.15) is 0 Å². The predicted molar refractivity (Wildman–Crippen MR) is 78.0 cm³/mol.